The fourth-order valence-electron chi connectivity index (χ4n) is 2.22. The van der Waals surface area contributed by atoms with Crippen molar-refractivity contribution < 1.29 is 9.72 Å². The number of nitriles is 1. The molecule has 6 heteroatoms. The molecule has 0 spiro atoms. The van der Waals surface area contributed by atoms with Gasteiger partial charge in [-0.25, -0.2) is 0 Å². The number of carbonyl (C=O) groups excluding carboxylic acids is 1. The molecule has 0 aliphatic rings. The molecule has 1 heterocycles. The van der Waals surface area contributed by atoms with Crippen LogP contribution in [-0.4, -0.2) is 15.3 Å². The molecule has 0 aliphatic heterocycles. The van der Waals surface area contributed by atoms with Crippen molar-refractivity contribution in [1.82, 2.24) is 4.57 Å². The summed E-state index contributed by atoms with van der Waals surface area (Å²) in [6.45, 7) is 3.47. The molecule has 116 valence electrons. The summed E-state index contributed by atoms with van der Waals surface area (Å²) in [6, 6.07) is 8.16. The van der Waals surface area contributed by atoms with Crippen molar-refractivity contribution in [2.24, 2.45) is 7.05 Å². The van der Waals surface area contributed by atoms with Crippen LogP contribution in [0.2, 0.25) is 0 Å². The van der Waals surface area contributed by atoms with Gasteiger partial charge < -0.3 is 4.57 Å². The average Bonchev–Trinajstić information content (AvgIpc) is 2.80. The number of ketones is 1. The maximum Gasteiger partial charge on any atom is 0.273 e. The van der Waals surface area contributed by atoms with Gasteiger partial charge in [0.05, 0.1) is 4.92 Å². The normalized spacial score (nSPS) is 10.7. The summed E-state index contributed by atoms with van der Waals surface area (Å²) < 4.78 is 1.74. The molecule has 0 atom stereocenters. The van der Waals surface area contributed by atoms with Gasteiger partial charge in [0.15, 0.2) is 5.78 Å². The van der Waals surface area contributed by atoms with Crippen molar-refractivity contribution in [3.05, 3.63) is 68.5 Å². The van der Waals surface area contributed by atoms with Gasteiger partial charge in [-0.2, -0.15) is 5.26 Å². The molecule has 1 aromatic carbocycles. The molecule has 0 saturated heterocycles. The predicted octanol–water partition coefficient (Wildman–Crippen LogP) is 3.32. The molecule has 23 heavy (non-hydrogen) atoms. The predicted molar refractivity (Wildman–Crippen MR) is 86.1 cm³/mol. The highest BCUT2D eigenvalue weighted by atomic mass is 16.6. The van der Waals surface area contributed by atoms with Gasteiger partial charge in [0.25, 0.3) is 5.69 Å². The smallest absolute Gasteiger partial charge is 0.273 e. The molecule has 0 saturated carbocycles. The Balaban J connectivity index is 2.31. The first-order valence-electron chi connectivity index (χ1n) is 6.89. The van der Waals surface area contributed by atoms with Gasteiger partial charge in [-0.15, -0.1) is 0 Å². The molecule has 2 aromatic rings. The van der Waals surface area contributed by atoms with Gasteiger partial charge in [-0.05, 0) is 37.6 Å². The average molecular weight is 309 g/mol. The van der Waals surface area contributed by atoms with Crippen LogP contribution in [0.15, 0.2) is 30.3 Å². The van der Waals surface area contributed by atoms with E-state index in [9.17, 15) is 14.9 Å². The van der Waals surface area contributed by atoms with Crippen molar-refractivity contribution in [2.75, 3.05) is 0 Å². The minimum Gasteiger partial charge on any atom is -0.339 e. The van der Waals surface area contributed by atoms with Gasteiger partial charge >= 0.3 is 0 Å². The Labute approximate surface area is 133 Å². The lowest BCUT2D eigenvalue weighted by atomic mass is 10.1. The number of aryl methyl sites for hydroxylation is 1. The van der Waals surface area contributed by atoms with Crippen LogP contribution < -0.4 is 0 Å². The molecule has 0 bridgehead atoms. The molecule has 0 aliphatic carbocycles. The summed E-state index contributed by atoms with van der Waals surface area (Å²) in [4.78, 5) is 22.6. The zero-order chi connectivity index (χ0) is 17.1. The third-order valence-corrected chi connectivity index (χ3v) is 3.79. The SMILES string of the molecule is Cc1ccc(C(=O)/C=C/c2cc(C#N)n(C)c2C)cc1[N+](=O)[O-]. The molecule has 0 fully saturated rings. The highest BCUT2D eigenvalue weighted by Crippen LogP contribution is 2.20. The van der Waals surface area contributed by atoms with E-state index < -0.39 is 4.92 Å². The molecule has 0 N–H and O–H groups in total. The minimum absolute atomic E-state index is 0.0769. The van der Waals surface area contributed by atoms with Crippen LogP contribution in [0.3, 0.4) is 0 Å². The van der Waals surface area contributed by atoms with Crippen LogP contribution in [0.5, 0.6) is 0 Å². The third-order valence-electron chi connectivity index (χ3n) is 3.79. The molecular formula is C17H15N3O3. The number of carbonyl (C=O) groups is 1. The summed E-state index contributed by atoms with van der Waals surface area (Å²) in [5.41, 5.74) is 2.81. The Morgan fingerprint density at radius 2 is 2.04 bits per heavy atom. The van der Waals surface area contributed by atoms with Crippen molar-refractivity contribution in [1.29, 1.82) is 5.26 Å². The molecule has 0 amide bonds. The zero-order valence-electron chi connectivity index (χ0n) is 13.0. The van der Waals surface area contributed by atoms with E-state index in [1.165, 1.54) is 12.1 Å². The van der Waals surface area contributed by atoms with Gasteiger partial charge in [-0.3, -0.25) is 14.9 Å². The fraction of sp³-hybridized carbons (Fsp3) is 0.176. The third kappa shape index (κ3) is 3.19. The number of allylic oxidation sites excluding steroid dienone is 1. The van der Waals surface area contributed by atoms with Crippen LogP contribution >= 0.6 is 0 Å². The topological polar surface area (TPSA) is 88.9 Å². The van der Waals surface area contributed by atoms with Crippen molar-refractivity contribution >= 4 is 17.5 Å². The van der Waals surface area contributed by atoms with E-state index in [-0.39, 0.29) is 17.0 Å². The zero-order valence-corrected chi connectivity index (χ0v) is 13.0. The van der Waals surface area contributed by atoms with Crippen molar-refractivity contribution in [2.45, 2.75) is 13.8 Å². The monoisotopic (exact) mass is 309 g/mol. The summed E-state index contributed by atoms with van der Waals surface area (Å²) >= 11 is 0. The van der Waals surface area contributed by atoms with Gasteiger partial charge in [0, 0.05) is 29.9 Å². The first-order valence-corrected chi connectivity index (χ1v) is 6.89. The quantitative estimate of drug-likeness (QED) is 0.375. The van der Waals surface area contributed by atoms with Gasteiger partial charge in [0.2, 0.25) is 0 Å². The van der Waals surface area contributed by atoms with E-state index in [0.717, 1.165) is 11.3 Å². The fourth-order valence-corrected chi connectivity index (χ4v) is 2.22. The number of aromatic nitrogens is 1. The number of nitro groups is 1. The largest absolute Gasteiger partial charge is 0.339 e. The van der Waals surface area contributed by atoms with Crippen molar-refractivity contribution in [3.63, 3.8) is 0 Å². The summed E-state index contributed by atoms with van der Waals surface area (Å²) in [6.07, 6.45) is 2.97. The number of hydrogen-bond donors (Lipinski definition) is 0. The highest BCUT2D eigenvalue weighted by Gasteiger charge is 2.14. The first-order chi connectivity index (χ1) is 10.8. The molecule has 6 nitrogen and oxygen atoms in total. The van der Waals surface area contributed by atoms with E-state index in [2.05, 4.69) is 6.07 Å². The Bertz CT molecular complexity index is 870. The first kappa shape index (κ1) is 16.2. The lowest BCUT2D eigenvalue weighted by Crippen LogP contribution is -1.98. The van der Waals surface area contributed by atoms with E-state index >= 15 is 0 Å². The molecule has 0 unspecified atom stereocenters. The van der Waals surface area contributed by atoms with E-state index in [4.69, 9.17) is 5.26 Å². The maximum absolute atomic E-state index is 12.2. The lowest BCUT2D eigenvalue weighted by Gasteiger charge is -2.00. The van der Waals surface area contributed by atoms with Crippen molar-refractivity contribution in [3.8, 4) is 6.07 Å². The summed E-state index contributed by atoms with van der Waals surface area (Å²) in [7, 11) is 1.77. The van der Waals surface area contributed by atoms with E-state index in [1.54, 1.807) is 42.8 Å². The van der Waals surface area contributed by atoms with Crippen LogP contribution in [0.1, 0.15) is 32.9 Å². The number of nitrogens with zero attached hydrogens (tertiary/aromatic N) is 3. The number of hydrogen-bond acceptors (Lipinski definition) is 4. The van der Waals surface area contributed by atoms with Gasteiger partial charge in [0.1, 0.15) is 11.8 Å². The molecular weight excluding hydrogens is 294 g/mol. The van der Waals surface area contributed by atoms with Crippen LogP contribution in [0.4, 0.5) is 5.69 Å². The highest BCUT2D eigenvalue weighted by molar-refractivity contribution is 6.07. The standard InChI is InChI=1S/C17H15N3O3/c1-11-4-5-14(9-16(11)20(22)23)17(21)7-6-13-8-15(10-18)19(3)12(13)2/h4-9H,1-3H3/b7-6+. The Morgan fingerprint density at radius 1 is 1.35 bits per heavy atom. The van der Waals surface area contributed by atoms with Crippen LogP contribution in [-0.2, 0) is 7.05 Å². The Hall–Kier alpha value is -3.20. The molecule has 1 aromatic heterocycles. The van der Waals surface area contributed by atoms with Crippen LogP contribution in [0, 0.1) is 35.3 Å². The number of nitro benzene ring substituents is 1. The Kier molecular flexibility index (Phi) is 4.42. The lowest BCUT2D eigenvalue weighted by molar-refractivity contribution is -0.385. The van der Waals surface area contributed by atoms with E-state index in [0.29, 0.717) is 11.3 Å². The summed E-state index contributed by atoms with van der Waals surface area (Å²) in [5, 5.41) is 19.9. The molecule has 2 rings (SSSR count). The minimum atomic E-state index is -0.504. The second-order valence-electron chi connectivity index (χ2n) is 5.20. The second kappa shape index (κ2) is 6.28. The Morgan fingerprint density at radius 3 is 2.61 bits per heavy atom. The summed E-state index contributed by atoms with van der Waals surface area (Å²) in [5.74, 6) is -0.324. The maximum atomic E-state index is 12.2. The number of benzene rings is 1. The van der Waals surface area contributed by atoms with Gasteiger partial charge in [-0.1, -0.05) is 12.1 Å². The second-order valence-corrected chi connectivity index (χ2v) is 5.20. The molecule has 0 radical (unpaired) electrons. The number of rotatable bonds is 4. The van der Waals surface area contributed by atoms with E-state index in [1.807, 2.05) is 6.92 Å². The van der Waals surface area contributed by atoms with Crippen LogP contribution in [0.25, 0.3) is 6.08 Å².